The van der Waals surface area contributed by atoms with Gasteiger partial charge in [0.05, 0.1) is 17.6 Å². The van der Waals surface area contributed by atoms with Crippen LogP contribution in [0.15, 0.2) is 30.6 Å². The first-order valence-electron chi connectivity index (χ1n) is 5.97. The molecule has 0 fully saturated rings. The Bertz CT molecular complexity index is 756. The molecule has 21 heavy (non-hydrogen) atoms. The molecule has 1 atom stereocenters. The van der Waals surface area contributed by atoms with Gasteiger partial charge in [0, 0.05) is 12.4 Å². The van der Waals surface area contributed by atoms with Gasteiger partial charge in [-0.05, 0) is 25.1 Å². The lowest BCUT2D eigenvalue weighted by molar-refractivity contribution is 0.0995. The van der Waals surface area contributed by atoms with Gasteiger partial charge in [-0.3, -0.25) is 8.98 Å². The van der Waals surface area contributed by atoms with E-state index in [1.165, 1.54) is 17.7 Å². The molecule has 0 bridgehead atoms. The second-order valence-electron chi connectivity index (χ2n) is 4.36. The van der Waals surface area contributed by atoms with Crippen LogP contribution in [0.25, 0.3) is 5.69 Å². The zero-order valence-corrected chi connectivity index (χ0v) is 12.2. The van der Waals surface area contributed by atoms with Gasteiger partial charge in [0.25, 0.3) is 16.0 Å². The predicted octanol–water partition coefficient (Wildman–Crippen LogP) is 0.403. The summed E-state index contributed by atoms with van der Waals surface area (Å²) in [4.78, 5) is 15.3. The highest BCUT2D eigenvalue weighted by molar-refractivity contribution is 7.86. The number of pyridine rings is 1. The van der Waals surface area contributed by atoms with Crippen LogP contribution in [0.2, 0.25) is 0 Å². The van der Waals surface area contributed by atoms with E-state index < -0.39 is 22.1 Å². The predicted molar refractivity (Wildman–Crippen MR) is 74.2 cm³/mol. The summed E-state index contributed by atoms with van der Waals surface area (Å²) in [5.41, 5.74) is 5.97. The summed E-state index contributed by atoms with van der Waals surface area (Å²) in [7, 11) is -3.68. The molecule has 0 saturated carbocycles. The van der Waals surface area contributed by atoms with Crippen molar-refractivity contribution in [3.05, 3.63) is 42.0 Å². The van der Waals surface area contributed by atoms with Crippen LogP contribution in [-0.2, 0) is 14.3 Å². The SMILES string of the molecule is CC(OS(C)(=O)=O)c1nc(C(N)=O)ccc1-n1cccn1. The highest BCUT2D eigenvalue weighted by Crippen LogP contribution is 2.23. The molecule has 2 aromatic heterocycles. The van der Waals surface area contributed by atoms with Crippen molar-refractivity contribution >= 4 is 16.0 Å². The largest absolute Gasteiger partial charge is 0.364 e. The van der Waals surface area contributed by atoms with E-state index in [1.54, 1.807) is 24.5 Å². The molecule has 0 radical (unpaired) electrons. The number of nitrogens with two attached hydrogens (primary N) is 1. The maximum Gasteiger partial charge on any atom is 0.267 e. The molecule has 0 spiro atoms. The molecular formula is C12H14N4O4S. The third-order valence-corrected chi connectivity index (χ3v) is 3.25. The van der Waals surface area contributed by atoms with E-state index in [4.69, 9.17) is 9.92 Å². The van der Waals surface area contributed by atoms with E-state index in [0.29, 0.717) is 5.69 Å². The summed E-state index contributed by atoms with van der Waals surface area (Å²) in [6, 6.07) is 4.72. The lowest BCUT2D eigenvalue weighted by Gasteiger charge is -2.15. The minimum atomic E-state index is -3.68. The van der Waals surface area contributed by atoms with Gasteiger partial charge >= 0.3 is 0 Å². The average Bonchev–Trinajstić information content (AvgIpc) is 2.89. The van der Waals surface area contributed by atoms with E-state index in [-0.39, 0.29) is 11.4 Å². The normalized spacial score (nSPS) is 13.0. The summed E-state index contributed by atoms with van der Waals surface area (Å²) in [5.74, 6) is -0.713. The topological polar surface area (TPSA) is 117 Å². The van der Waals surface area contributed by atoms with Gasteiger partial charge in [0.2, 0.25) is 0 Å². The maximum atomic E-state index is 11.3. The molecule has 1 unspecified atom stereocenters. The molecule has 0 aliphatic carbocycles. The summed E-state index contributed by atoms with van der Waals surface area (Å²) in [5, 5.41) is 4.06. The Balaban J connectivity index is 2.53. The summed E-state index contributed by atoms with van der Waals surface area (Å²) >= 11 is 0. The minimum Gasteiger partial charge on any atom is -0.364 e. The standard InChI is InChI=1S/C12H14N4O4S/c1-8(20-21(2,18)19)11-10(16-7-3-6-14-16)5-4-9(15-11)12(13)17/h3-8H,1-2H3,(H2,13,17). The number of amides is 1. The molecule has 8 nitrogen and oxygen atoms in total. The van der Waals surface area contributed by atoms with Crippen molar-refractivity contribution < 1.29 is 17.4 Å². The fraction of sp³-hybridized carbons (Fsp3) is 0.250. The van der Waals surface area contributed by atoms with Crippen molar-refractivity contribution in [2.45, 2.75) is 13.0 Å². The van der Waals surface area contributed by atoms with Crippen molar-refractivity contribution in [3.63, 3.8) is 0 Å². The number of nitrogens with zero attached hydrogens (tertiary/aromatic N) is 3. The number of aromatic nitrogens is 3. The van der Waals surface area contributed by atoms with Crippen LogP contribution in [-0.4, -0.2) is 35.3 Å². The fourth-order valence-corrected chi connectivity index (χ4v) is 2.43. The molecule has 2 aromatic rings. The Kier molecular flexibility index (Phi) is 4.05. The van der Waals surface area contributed by atoms with Gasteiger partial charge in [0.1, 0.15) is 11.8 Å². The Morgan fingerprint density at radius 3 is 2.67 bits per heavy atom. The van der Waals surface area contributed by atoms with Crippen LogP contribution in [0.5, 0.6) is 0 Å². The molecule has 0 aliphatic heterocycles. The molecule has 112 valence electrons. The van der Waals surface area contributed by atoms with Crippen molar-refractivity contribution in [3.8, 4) is 5.69 Å². The molecule has 2 rings (SSSR count). The number of carbonyl (C=O) groups is 1. The van der Waals surface area contributed by atoms with Crippen LogP contribution < -0.4 is 5.73 Å². The molecular weight excluding hydrogens is 296 g/mol. The highest BCUT2D eigenvalue weighted by atomic mass is 32.2. The first-order chi connectivity index (χ1) is 9.78. The van der Waals surface area contributed by atoms with Gasteiger partial charge in [-0.1, -0.05) is 0 Å². The average molecular weight is 310 g/mol. The van der Waals surface area contributed by atoms with E-state index in [9.17, 15) is 13.2 Å². The van der Waals surface area contributed by atoms with E-state index in [2.05, 4.69) is 10.1 Å². The second-order valence-corrected chi connectivity index (χ2v) is 5.96. The lowest BCUT2D eigenvalue weighted by atomic mass is 10.2. The van der Waals surface area contributed by atoms with Crippen molar-refractivity contribution in [1.29, 1.82) is 0 Å². The smallest absolute Gasteiger partial charge is 0.267 e. The number of hydrogen-bond donors (Lipinski definition) is 1. The Morgan fingerprint density at radius 2 is 2.14 bits per heavy atom. The second kappa shape index (κ2) is 5.62. The monoisotopic (exact) mass is 310 g/mol. The fourth-order valence-electron chi connectivity index (χ4n) is 1.82. The van der Waals surface area contributed by atoms with E-state index >= 15 is 0 Å². The summed E-state index contributed by atoms with van der Waals surface area (Å²) in [6.45, 7) is 1.52. The molecule has 0 aliphatic rings. The van der Waals surface area contributed by atoms with Gasteiger partial charge in [-0.25, -0.2) is 9.67 Å². The first kappa shape index (κ1) is 15.1. The van der Waals surface area contributed by atoms with Crippen molar-refractivity contribution in [2.24, 2.45) is 5.73 Å². The van der Waals surface area contributed by atoms with Crippen LogP contribution in [0, 0.1) is 0 Å². The van der Waals surface area contributed by atoms with Crippen LogP contribution in [0.1, 0.15) is 29.2 Å². The molecule has 9 heteroatoms. The van der Waals surface area contributed by atoms with Gasteiger partial charge in [-0.15, -0.1) is 0 Å². The van der Waals surface area contributed by atoms with Crippen molar-refractivity contribution in [1.82, 2.24) is 14.8 Å². The van der Waals surface area contributed by atoms with Crippen LogP contribution in [0.4, 0.5) is 0 Å². The van der Waals surface area contributed by atoms with Gasteiger partial charge < -0.3 is 5.73 Å². The van der Waals surface area contributed by atoms with Gasteiger partial charge in [-0.2, -0.15) is 13.5 Å². The van der Waals surface area contributed by atoms with E-state index in [0.717, 1.165) is 6.26 Å². The highest BCUT2D eigenvalue weighted by Gasteiger charge is 2.20. The maximum absolute atomic E-state index is 11.3. The minimum absolute atomic E-state index is 0.0184. The quantitative estimate of drug-likeness (QED) is 0.799. The number of carbonyl (C=O) groups excluding carboxylic acids is 1. The van der Waals surface area contributed by atoms with Crippen LogP contribution >= 0.6 is 0 Å². The number of primary amides is 1. The van der Waals surface area contributed by atoms with Crippen molar-refractivity contribution in [2.75, 3.05) is 6.26 Å². The Morgan fingerprint density at radius 1 is 1.43 bits per heavy atom. The summed E-state index contributed by atoms with van der Waals surface area (Å²) < 4.78 is 28.9. The lowest BCUT2D eigenvalue weighted by Crippen LogP contribution is -2.18. The van der Waals surface area contributed by atoms with E-state index in [1.807, 2.05) is 0 Å². The molecule has 1 amide bonds. The number of hydrogen-bond acceptors (Lipinski definition) is 6. The number of rotatable bonds is 5. The molecule has 0 aromatic carbocycles. The summed E-state index contributed by atoms with van der Waals surface area (Å²) in [6.07, 6.45) is 3.28. The molecule has 2 heterocycles. The molecule has 0 saturated heterocycles. The Labute approximate surface area is 121 Å². The van der Waals surface area contributed by atoms with Gasteiger partial charge in [0.15, 0.2) is 0 Å². The van der Waals surface area contributed by atoms with Crippen LogP contribution in [0.3, 0.4) is 0 Å². The first-order valence-corrected chi connectivity index (χ1v) is 7.78. The third-order valence-electron chi connectivity index (χ3n) is 2.61. The zero-order valence-electron chi connectivity index (χ0n) is 11.4. The zero-order chi connectivity index (χ0) is 15.6. The Hall–Kier alpha value is -2.26. The molecule has 2 N–H and O–H groups in total. The third kappa shape index (κ3) is 3.64.